The van der Waals surface area contributed by atoms with E-state index in [1.54, 1.807) is 24.3 Å². The Bertz CT molecular complexity index is 1050. The zero-order chi connectivity index (χ0) is 22.4. The van der Waals surface area contributed by atoms with Crippen LogP contribution in [0, 0.1) is 0 Å². The molecule has 1 saturated heterocycles. The quantitative estimate of drug-likeness (QED) is 0.636. The van der Waals surface area contributed by atoms with Crippen molar-refractivity contribution >= 4 is 27.5 Å². The summed E-state index contributed by atoms with van der Waals surface area (Å²) in [5, 5.41) is 2.80. The average Bonchev–Trinajstić information content (AvgIpc) is 3.15. The Kier molecular flexibility index (Phi) is 7.17. The number of nitrogens with zero attached hydrogens (tertiary/aromatic N) is 2. The van der Waals surface area contributed by atoms with Crippen molar-refractivity contribution in [2.24, 2.45) is 0 Å². The van der Waals surface area contributed by atoms with Gasteiger partial charge in [-0.05, 0) is 29.7 Å². The fourth-order valence-electron chi connectivity index (χ4n) is 3.51. The monoisotopic (exact) mass is 445 g/mol. The molecule has 0 aliphatic carbocycles. The molecule has 1 fully saturated rings. The van der Waals surface area contributed by atoms with Crippen LogP contribution in [0.15, 0.2) is 48.5 Å². The Morgan fingerprint density at radius 2 is 1.90 bits per heavy atom. The summed E-state index contributed by atoms with van der Waals surface area (Å²) >= 11 is 0. The number of hydrogen-bond acceptors (Lipinski definition) is 5. The molecule has 166 valence electrons. The molecular formula is C22H27N3O5S. The van der Waals surface area contributed by atoms with Crippen molar-refractivity contribution < 1.29 is 22.7 Å². The predicted molar refractivity (Wildman–Crippen MR) is 118 cm³/mol. The minimum absolute atomic E-state index is 0.140. The van der Waals surface area contributed by atoms with Crippen molar-refractivity contribution in [2.75, 3.05) is 30.8 Å². The van der Waals surface area contributed by atoms with Crippen LogP contribution in [0.4, 0.5) is 5.69 Å². The lowest BCUT2D eigenvalue weighted by Crippen LogP contribution is -2.40. The van der Waals surface area contributed by atoms with Gasteiger partial charge in [0.2, 0.25) is 21.8 Å². The third-order valence-corrected chi connectivity index (χ3v) is 6.30. The lowest BCUT2D eigenvalue weighted by atomic mass is 10.1. The van der Waals surface area contributed by atoms with Crippen LogP contribution in [0.2, 0.25) is 0 Å². The van der Waals surface area contributed by atoms with Crippen LogP contribution in [0.5, 0.6) is 5.75 Å². The Morgan fingerprint density at radius 3 is 2.55 bits per heavy atom. The molecule has 31 heavy (non-hydrogen) atoms. The van der Waals surface area contributed by atoms with Crippen LogP contribution in [-0.2, 0) is 32.7 Å². The number of carbonyl (C=O) groups excluding carboxylic acids is 2. The number of hydrogen-bond donors (Lipinski definition) is 1. The zero-order valence-corrected chi connectivity index (χ0v) is 18.5. The van der Waals surface area contributed by atoms with Crippen molar-refractivity contribution in [3.63, 3.8) is 0 Å². The molecule has 0 spiro atoms. The highest BCUT2D eigenvalue weighted by Gasteiger charge is 2.23. The number of ether oxygens (including phenoxy) is 1. The molecule has 2 amide bonds. The van der Waals surface area contributed by atoms with Gasteiger partial charge in [0.25, 0.3) is 0 Å². The number of amides is 2. The van der Waals surface area contributed by atoms with Crippen LogP contribution in [0.3, 0.4) is 0 Å². The fraction of sp³-hybridized carbons (Fsp3) is 0.364. The maximum absolute atomic E-state index is 12.6. The van der Waals surface area contributed by atoms with Gasteiger partial charge in [-0.25, -0.2) is 8.42 Å². The minimum Gasteiger partial charge on any atom is -0.497 e. The third kappa shape index (κ3) is 5.97. The van der Waals surface area contributed by atoms with E-state index in [1.165, 1.54) is 7.11 Å². The van der Waals surface area contributed by atoms with Gasteiger partial charge in [0.05, 0.1) is 19.1 Å². The van der Waals surface area contributed by atoms with E-state index in [0.717, 1.165) is 34.7 Å². The molecule has 8 nitrogen and oxygen atoms in total. The number of nitrogens with one attached hydrogen (secondary N) is 1. The lowest BCUT2D eigenvalue weighted by Gasteiger charge is -2.22. The molecular weight excluding hydrogens is 418 g/mol. The largest absolute Gasteiger partial charge is 0.497 e. The van der Waals surface area contributed by atoms with Crippen LogP contribution in [0.1, 0.15) is 24.0 Å². The van der Waals surface area contributed by atoms with Gasteiger partial charge in [-0.3, -0.25) is 13.9 Å². The van der Waals surface area contributed by atoms with Crippen LogP contribution < -0.4 is 14.4 Å². The van der Waals surface area contributed by atoms with Crippen LogP contribution >= 0.6 is 0 Å². The van der Waals surface area contributed by atoms with Crippen molar-refractivity contribution in [3.8, 4) is 5.75 Å². The molecule has 1 heterocycles. The van der Waals surface area contributed by atoms with Gasteiger partial charge < -0.3 is 15.0 Å². The third-order valence-electron chi connectivity index (χ3n) is 5.16. The second-order valence-electron chi connectivity index (χ2n) is 7.44. The van der Waals surface area contributed by atoms with E-state index < -0.39 is 15.9 Å². The summed E-state index contributed by atoms with van der Waals surface area (Å²) in [6.07, 6.45) is 2.50. The molecule has 2 aromatic rings. The number of carbonyl (C=O) groups is 2. The van der Waals surface area contributed by atoms with Crippen molar-refractivity contribution in [2.45, 2.75) is 25.9 Å². The first-order valence-electron chi connectivity index (χ1n) is 10.0. The molecule has 0 unspecified atom stereocenters. The molecule has 9 heteroatoms. The zero-order valence-electron chi connectivity index (χ0n) is 17.7. The van der Waals surface area contributed by atoms with E-state index in [0.29, 0.717) is 24.4 Å². The standard InChI is InChI=1S/C22H27N3O5S/c1-30-20-10-5-9-19(13-20)25(31(2,28)29)16-21(26)23-14-17-7-3-4-8-18(17)15-24-12-6-11-22(24)27/h3-5,7-10,13H,6,11-12,14-16H2,1-2H3,(H,23,26). The molecule has 1 N–H and O–H groups in total. The smallest absolute Gasteiger partial charge is 0.241 e. The van der Waals surface area contributed by atoms with Gasteiger partial charge in [-0.1, -0.05) is 30.3 Å². The van der Waals surface area contributed by atoms with Crippen molar-refractivity contribution in [1.29, 1.82) is 0 Å². The maximum Gasteiger partial charge on any atom is 0.241 e. The highest BCUT2D eigenvalue weighted by atomic mass is 32.2. The van der Waals surface area contributed by atoms with E-state index in [2.05, 4.69) is 5.32 Å². The first-order valence-corrected chi connectivity index (χ1v) is 11.9. The van der Waals surface area contributed by atoms with Crippen LogP contribution in [-0.4, -0.2) is 51.6 Å². The Morgan fingerprint density at radius 1 is 1.16 bits per heavy atom. The predicted octanol–water partition coefficient (Wildman–Crippen LogP) is 1.90. The average molecular weight is 446 g/mol. The molecule has 1 aliphatic heterocycles. The highest BCUT2D eigenvalue weighted by molar-refractivity contribution is 7.92. The number of anilines is 1. The van der Waals surface area contributed by atoms with E-state index in [4.69, 9.17) is 4.74 Å². The second kappa shape index (κ2) is 9.82. The summed E-state index contributed by atoms with van der Waals surface area (Å²) in [6, 6.07) is 14.1. The molecule has 0 atom stereocenters. The van der Waals surface area contributed by atoms with Crippen molar-refractivity contribution in [1.82, 2.24) is 10.2 Å². The van der Waals surface area contributed by atoms with E-state index in [1.807, 2.05) is 29.2 Å². The Balaban J connectivity index is 1.68. The summed E-state index contributed by atoms with van der Waals surface area (Å²) in [7, 11) is -2.19. The summed E-state index contributed by atoms with van der Waals surface area (Å²) in [5.74, 6) is 0.207. The molecule has 0 saturated carbocycles. The highest BCUT2D eigenvalue weighted by Crippen LogP contribution is 2.23. The summed E-state index contributed by atoms with van der Waals surface area (Å²) in [4.78, 5) is 26.3. The summed E-state index contributed by atoms with van der Waals surface area (Å²) < 4.78 is 30.8. The summed E-state index contributed by atoms with van der Waals surface area (Å²) in [6.45, 7) is 1.14. The van der Waals surface area contributed by atoms with Crippen LogP contribution in [0.25, 0.3) is 0 Å². The molecule has 2 aromatic carbocycles. The maximum atomic E-state index is 12.6. The normalized spacial score (nSPS) is 13.9. The molecule has 0 radical (unpaired) electrons. The van der Waals surface area contributed by atoms with Gasteiger partial charge in [0.15, 0.2) is 0 Å². The molecule has 0 aromatic heterocycles. The number of likely N-dealkylation sites (tertiary alicyclic amines) is 1. The van der Waals surface area contributed by atoms with Gasteiger partial charge in [-0.2, -0.15) is 0 Å². The Labute approximate surface area is 182 Å². The topological polar surface area (TPSA) is 96.0 Å². The Hall–Kier alpha value is -3.07. The fourth-order valence-corrected chi connectivity index (χ4v) is 4.36. The molecule has 0 bridgehead atoms. The number of sulfonamides is 1. The van der Waals surface area contributed by atoms with E-state index in [9.17, 15) is 18.0 Å². The van der Waals surface area contributed by atoms with Gasteiger partial charge >= 0.3 is 0 Å². The van der Waals surface area contributed by atoms with Crippen molar-refractivity contribution in [3.05, 3.63) is 59.7 Å². The first-order chi connectivity index (χ1) is 14.8. The van der Waals surface area contributed by atoms with Gasteiger partial charge in [0, 0.05) is 32.1 Å². The number of benzene rings is 2. The van der Waals surface area contributed by atoms with Gasteiger partial charge in [0.1, 0.15) is 12.3 Å². The first kappa shape index (κ1) is 22.6. The van der Waals surface area contributed by atoms with E-state index in [-0.39, 0.29) is 19.0 Å². The van der Waals surface area contributed by atoms with E-state index >= 15 is 0 Å². The molecule has 3 rings (SSSR count). The summed E-state index contributed by atoms with van der Waals surface area (Å²) in [5.41, 5.74) is 2.21. The second-order valence-corrected chi connectivity index (χ2v) is 9.34. The number of rotatable bonds is 9. The SMILES string of the molecule is COc1cccc(N(CC(=O)NCc2ccccc2CN2CCCC2=O)S(C)(=O)=O)c1. The minimum atomic E-state index is -3.68. The number of methoxy groups -OCH3 is 1. The lowest BCUT2D eigenvalue weighted by molar-refractivity contribution is -0.128. The van der Waals surface area contributed by atoms with Gasteiger partial charge in [-0.15, -0.1) is 0 Å². The molecule has 1 aliphatic rings.